The van der Waals surface area contributed by atoms with E-state index in [1.165, 1.54) is 5.56 Å². The van der Waals surface area contributed by atoms with Gasteiger partial charge in [0.15, 0.2) is 6.17 Å². The van der Waals surface area contributed by atoms with Crippen molar-refractivity contribution in [2.75, 3.05) is 18.5 Å². The van der Waals surface area contributed by atoms with Crippen LogP contribution in [0.2, 0.25) is 0 Å². The van der Waals surface area contributed by atoms with Crippen LogP contribution >= 0.6 is 0 Å². The van der Waals surface area contributed by atoms with Gasteiger partial charge in [-0.05, 0) is 17.5 Å². The van der Waals surface area contributed by atoms with Gasteiger partial charge in [0, 0.05) is 29.8 Å². The third-order valence-corrected chi connectivity index (χ3v) is 4.17. The minimum atomic E-state index is -1.14. The second kappa shape index (κ2) is 4.51. The third-order valence-electron chi connectivity index (χ3n) is 4.17. The van der Waals surface area contributed by atoms with Crippen molar-refractivity contribution in [1.29, 1.82) is 0 Å². The molecule has 1 unspecified atom stereocenters. The number of fused-ring (bicyclic) bond motifs is 2. The lowest BCUT2D eigenvalue weighted by Gasteiger charge is -2.16. The van der Waals surface area contributed by atoms with Crippen molar-refractivity contribution in [3.8, 4) is 5.75 Å². The molecule has 0 fully saturated rings. The summed E-state index contributed by atoms with van der Waals surface area (Å²) in [5.41, 5.74) is 4.67. The quantitative estimate of drug-likeness (QED) is 0.898. The molecular formula is C17H16FNO. The van der Waals surface area contributed by atoms with Gasteiger partial charge >= 0.3 is 0 Å². The first-order chi connectivity index (χ1) is 9.84. The Morgan fingerprint density at radius 3 is 2.70 bits per heavy atom. The number of rotatable bonds is 2. The van der Waals surface area contributed by atoms with E-state index < -0.39 is 6.17 Å². The lowest BCUT2D eigenvalue weighted by Crippen LogP contribution is -2.02. The fraction of sp³-hybridized carbons (Fsp3) is 0.294. The molecule has 0 radical (unpaired) electrons. The standard InChI is InChI=1S/C17H16FNO/c18-15(13-5-1-3-11-7-9-19-16(11)13)14-6-2-4-12-8-10-20-17(12)14/h1-6,15,19H,7-10H2. The molecule has 2 aliphatic rings. The fourth-order valence-corrected chi connectivity index (χ4v) is 3.19. The van der Waals surface area contributed by atoms with Gasteiger partial charge in [0.2, 0.25) is 0 Å². The summed E-state index contributed by atoms with van der Waals surface area (Å²) in [7, 11) is 0. The average molecular weight is 269 g/mol. The van der Waals surface area contributed by atoms with E-state index in [-0.39, 0.29) is 0 Å². The van der Waals surface area contributed by atoms with E-state index in [0.717, 1.165) is 42.0 Å². The molecule has 20 heavy (non-hydrogen) atoms. The molecule has 1 atom stereocenters. The number of halogens is 1. The van der Waals surface area contributed by atoms with Crippen LogP contribution in [0.15, 0.2) is 36.4 Å². The van der Waals surface area contributed by atoms with Crippen LogP contribution in [0.5, 0.6) is 5.75 Å². The Kier molecular flexibility index (Phi) is 2.66. The molecule has 0 amide bonds. The molecule has 0 aliphatic carbocycles. The highest BCUT2D eigenvalue weighted by molar-refractivity contribution is 5.64. The van der Waals surface area contributed by atoms with E-state index in [1.54, 1.807) is 0 Å². The van der Waals surface area contributed by atoms with Gasteiger partial charge in [-0.1, -0.05) is 36.4 Å². The SMILES string of the molecule is FC(c1cccc2c1NCC2)c1cccc2c1OCC2. The Labute approximate surface area is 117 Å². The van der Waals surface area contributed by atoms with Crippen LogP contribution < -0.4 is 10.1 Å². The molecule has 2 aromatic carbocycles. The van der Waals surface area contributed by atoms with E-state index >= 15 is 4.39 Å². The second-order valence-corrected chi connectivity index (χ2v) is 5.35. The predicted octanol–water partition coefficient (Wildman–Crippen LogP) is 3.65. The Morgan fingerprint density at radius 2 is 1.80 bits per heavy atom. The van der Waals surface area contributed by atoms with E-state index in [2.05, 4.69) is 11.4 Å². The minimum absolute atomic E-state index is 0.655. The zero-order valence-corrected chi connectivity index (χ0v) is 11.2. The lowest BCUT2D eigenvalue weighted by atomic mass is 9.96. The summed E-state index contributed by atoms with van der Waals surface area (Å²) in [4.78, 5) is 0. The van der Waals surface area contributed by atoms with Crippen molar-refractivity contribution >= 4 is 5.69 Å². The van der Waals surface area contributed by atoms with Gasteiger partial charge in [0.1, 0.15) is 5.75 Å². The zero-order valence-electron chi connectivity index (χ0n) is 11.2. The zero-order chi connectivity index (χ0) is 13.5. The average Bonchev–Trinajstić information content (AvgIpc) is 3.13. The van der Waals surface area contributed by atoms with Crippen molar-refractivity contribution < 1.29 is 9.13 Å². The highest BCUT2D eigenvalue weighted by Gasteiger charge is 2.26. The Morgan fingerprint density at radius 1 is 1.00 bits per heavy atom. The number of nitrogens with one attached hydrogen (secondary N) is 1. The molecular weight excluding hydrogens is 253 g/mol. The predicted molar refractivity (Wildman–Crippen MR) is 77.2 cm³/mol. The highest BCUT2D eigenvalue weighted by atomic mass is 19.1. The number of hydrogen-bond acceptors (Lipinski definition) is 2. The molecule has 3 heteroatoms. The first kappa shape index (κ1) is 11.8. The van der Waals surface area contributed by atoms with Crippen LogP contribution in [0.3, 0.4) is 0 Å². The van der Waals surface area contributed by atoms with E-state index in [4.69, 9.17) is 4.74 Å². The van der Waals surface area contributed by atoms with Crippen LogP contribution in [0.1, 0.15) is 28.4 Å². The maximum atomic E-state index is 15.1. The number of benzene rings is 2. The molecule has 0 saturated carbocycles. The molecule has 0 spiro atoms. The number of alkyl halides is 1. The van der Waals surface area contributed by atoms with Gasteiger partial charge in [-0.15, -0.1) is 0 Å². The van der Waals surface area contributed by atoms with Crippen molar-refractivity contribution in [2.45, 2.75) is 19.0 Å². The van der Waals surface area contributed by atoms with Crippen LogP contribution in [0, 0.1) is 0 Å². The molecule has 2 heterocycles. The van der Waals surface area contributed by atoms with Crippen LogP contribution in [-0.2, 0) is 12.8 Å². The molecule has 2 nitrogen and oxygen atoms in total. The summed E-state index contributed by atoms with van der Waals surface area (Å²) in [6.45, 7) is 1.55. The molecule has 2 aliphatic heterocycles. The molecule has 0 aromatic heterocycles. The van der Waals surface area contributed by atoms with E-state index in [9.17, 15) is 0 Å². The van der Waals surface area contributed by atoms with Crippen LogP contribution in [0.4, 0.5) is 10.1 Å². The number of hydrogen-bond donors (Lipinski definition) is 1. The number of anilines is 1. The van der Waals surface area contributed by atoms with Crippen molar-refractivity contribution in [2.24, 2.45) is 0 Å². The van der Waals surface area contributed by atoms with Crippen molar-refractivity contribution in [3.05, 3.63) is 58.7 Å². The second-order valence-electron chi connectivity index (χ2n) is 5.35. The monoisotopic (exact) mass is 269 g/mol. The molecule has 102 valence electrons. The van der Waals surface area contributed by atoms with Crippen LogP contribution in [0.25, 0.3) is 0 Å². The van der Waals surface area contributed by atoms with Crippen molar-refractivity contribution in [3.63, 3.8) is 0 Å². The summed E-state index contributed by atoms with van der Waals surface area (Å²) in [6.07, 6.45) is 0.712. The summed E-state index contributed by atoms with van der Waals surface area (Å²) >= 11 is 0. The third kappa shape index (κ3) is 1.69. The number of para-hydroxylation sites is 2. The summed E-state index contributed by atoms with van der Waals surface area (Å²) in [6, 6.07) is 11.7. The molecule has 0 bridgehead atoms. The first-order valence-corrected chi connectivity index (χ1v) is 7.09. The maximum Gasteiger partial charge on any atom is 0.156 e. The molecule has 4 rings (SSSR count). The van der Waals surface area contributed by atoms with Gasteiger partial charge in [-0.2, -0.15) is 0 Å². The van der Waals surface area contributed by atoms with Gasteiger partial charge < -0.3 is 10.1 Å². The van der Waals surface area contributed by atoms with E-state index in [0.29, 0.717) is 12.2 Å². The lowest BCUT2D eigenvalue weighted by molar-refractivity contribution is 0.335. The minimum Gasteiger partial charge on any atom is -0.493 e. The Bertz CT molecular complexity index is 611. The fourth-order valence-electron chi connectivity index (χ4n) is 3.19. The van der Waals surface area contributed by atoms with Gasteiger partial charge in [-0.3, -0.25) is 0 Å². The largest absolute Gasteiger partial charge is 0.493 e. The molecule has 2 aromatic rings. The van der Waals surface area contributed by atoms with Gasteiger partial charge in [0.25, 0.3) is 0 Å². The first-order valence-electron chi connectivity index (χ1n) is 7.09. The van der Waals surface area contributed by atoms with Gasteiger partial charge in [0.05, 0.1) is 6.61 Å². The normalized spacial score (nSPS) is 17.1. The van der Waals surface area contributed by atoms with E-state index in [1.807, 2.05) is 30.3 Å². The summed E-state index contributed by atoms with van der Waals surface area (Å²) in [5, 5.41) is 3.31. The molecule has 0 saturated heterocycles. The summed E-state index contributed by atoms with van der Waals surface area (Å²) < 4.78 is 20.7. The van der Waals surface area contributed by atoms with Crippen molar-refractivity contribution in [1.82, 2.24) is 0 Å². The Hall–Kier alpha value is -2.03. The maximum absolute atomic E-state index is 15.1. The molecule has 1 N–H and O–H groups in total. The topological polar surface area (TPSA) is 21.3 Å². The smallest absolute Gasteiger partial charge is 0.156 e. The highest BCUT2D eigenvalue weighted by Crippen LogP contribution is 2.41. The van der Waals surface area contributed by atoms with Crippen LogP contribution in [-0.4, -0.2) is 13.2 Å². The summed E-state index contributed by atoms with van der Waals surface area (Å²) in [5.74, 6) is 0.746. The van der Waals surface area contributed by atoms with Gasteiger partial charge in [-0.25, -0.2) is 4.39 Å². The Balaban J connectivity index is 1.81. The number of ether oxygens (including phenoxy) is 1.